The maximum atomic E-state index is 13.6. The van der Waals surface area contributed by atoms with Gasteiger partial charge in [-0.25, -0.2) is 14.6 Å². The molecule has 0 saturated carbocycles. The van der Waals surface area contributed by atoms with E-state index in [2.05, 4.69) is 5.10 Å². The molecule has 1 fully saturated rings. The van der Waals surface area contributed by atoms with Crippen LogP contribution in [0.3, 0.4) is 0 Å². The Morgan fingerprint density at radius 1 is 1.03 bits per heavy atom. The third kappa shape index (κ3) is 7.00. The van der Waals surface area contributed by atoms with Crippen LogP contribution < -0.4 is 10.6 Å². The van der Waals surface area contributed by atoms with Gasteiger partial charge in [0.15, 0.2) is 0 Å². The van der Waals surface area contributed by atoms with Gasteiger partial charge < -0.3 is 15.2 Å². The summed E-state index contributed by atoms with van der Waals surface area (Å²) in [6.07, 6.45) is -0.0909. The number of hydrazone groups is 1. The van der Waals surface area contributed by atoms with Crippen molar-refractivity contribution in [2.75, 3.05) is 11.4 Å². The molecular weight excluding hydrogens is 512 g/mol. The van der Waals surface area contributed by atoms with E-state index < -0.39 is 58.3 Å². The largest absolute Gasteiger partial charge is 0.444 e. The molecule has 1 aromatic carbocycles. The zero-order chi connectivity index (χ0) is 29.3. The number of ether oxygens (including phenoxy) is 2. The van der Waals surface area contributed by atoms with Gasteiger partial charge in [-0.2, -0.15) is 5.10 Å². The number of primary amides is 1. The van der Waals surface area contributed by atoms with Crippen LogP contribution in [-0.4, -0.2) is 80.9 Å². The molecule has 3 rings (SSSR count). The van der Waals surface area contributed by atoms with Crippen LogP contribution in [-0.2, 0) is 19.1 Å². The summed E-state index contributed by atoms with van der Waals surface area (Å²) in [5.74, 6) is -1.41. The Bertz CT molecular complexity index is 1170. The fraction of sp³-hybridized carbons (Fsp3) is 0.560. The predicted octanol–water partition coefficient (Wildman–Crippen LogP) is 2.79. The van der Waals surface area contributed by atoms with Crippen LogP contribution >= 0.6 is 0 Å². The molecule has 2 N–H and O–H groups in total. The van der Waals surface area contributed by atoms with Crippen molar-refractivity contribution in [1.29, 1.82) is 0 Å². The van der Waals surface area contributed by atoms with Gasteiger partial charge in [0, 0.05) is 37.0 Å². The molecule has 0 aliphatic carbocycles. The quantitative estimate of drug-likeness (QED) is 0.432. The van der Waals surface area contributed by atoms with Gasteiger partial charge in [-0.3, -0.25) is 29.5 Å². The second kappa shape index (κ2) is 10.9. The normalized spacial score (nSPS) is 21.0. The number of carbonyl (C=O) groups is 4. The van der Waals surface area contributed by atoms with E-state index in [1.165, 1.54) is 40.3 Å². The first-order chi connectivity index (χ1) is 18.0. The van der Waals surface area contributed by atoms with Crippen LogP contribution in [0.2, 0.25) is 0 Å². The summed E-state index contributed by atoms with van der Waals surface area (Å²) < 4.78 is 11.1. The number of non-ortho nitro benzene ring substituents is 1. The molecule has 3 atom stereocenters. The molecule has 1 saturated heterocycles. The zero-order valence-electron chi connectivity index (χ0n) is 22.8. The van der Waals surface area contributed by atoms with Crippen molar-refractivity contribution in [2.45, 2.75) is 83.7 Å². The average Bonchev–Trinajstić information content (AvgIpc) is 3.45. The van der Waals surface area contributed by atoms with E-state index in [0.29, 0.717) is 0 Å². The molecule has 2 aliphatic heterocycles. The van der Waals surface area contributed by atoms with Crippen LogP contribution in [0, 0.1) is 10.1 Å². The first-order valence-electron chi connectivity index (χ1n) is 12.4. The van der Waals surface area contributed by atoms with E-state index in [0.717, 1.165) is 5.01 Å². The van der Waals surface area contributed by atoms with Gasteiger partial charge in [-0.15, -0.1) is 0 Å². The lowest BCUT2D eigenvalue weighted by atomic mass is 10.1. The fourth-order valence-electron chi connectivity index (χ4n) is 4.28. The topological polar surface area (TPSA) is 178 Å². The number of anilines is 1. The number of likely N-dealkylation sites (tertiary alicyclic amines) is 1. The fourth-order valence-corrected chi connectivity index (χ4v) is 4.28. The van der Waals surface area contributed by atoms with Gasteiger partial charge >= 0.3 is 12.2 Å². The van der Waals surface area contributed by atoms with E-state index in [1.54, 1.807) is 41.5 Å². The van der Waals surface area contributed by atoms with Gasteiger partial charge in [-0.1, -0.05) is 0 Å². The Morgan fingerprint density at radius 2 is 1.62 bits per heavy atom. The molecule has 0 spiro atoms. The number of benzene rings is 1. The van der Waals surface area contributed by atoms with E-state index in [4.69, 9.17) is 15.2 Å². The molecule has 2 heterocycles. The summed E-state index contributed by atoms with van der Waals surface area (Å²) in [7, 11) is 0. The van der Waals surface area contributed by atoms with E-state index >= 15 is 0 Å². The first kappa shape index (κ1) is 29.3. The number of nitro benzene ring substituents is 1. The molecule has 1 aromatic rings. The maximum Gasteiger partial charge on any atom is 0.415 e. The lowest BCUT2D eigenvalue weighted by Gasteiger charge is -2.32. The summed E-state index contributed by atoms with van der Waals surface area (Å²) in [6.45, 7) is 9.94. The second-order valence-corrected chi connectivity index (χ2v) is 11.3. The number of nitro groups is 1. The van der Waals surface area contributed by atoms with Crippen LogP contribution in [0.1, 0.15) is 54.4 Å². The number of rotatable bonds is 5. The SMILES string of the molecule is CC(C)(C)OC(=O)N1CC(N(C(=O)OC(C)(C)C)c2ccc([N+](=O)[O-])cc2)CC1C(=O)N1N=CCC1C(N)=O. The first-order valence-corrected chi connectivity index (χ1v) is 12.4. The summed E-state index contributed by atoms with van der Waals surface area (Å²) in [5, 5.41) is 16.1. The monoisotopic (exact) mass is 546 g/mol. The van der Waals surface area contributed by atoms with Crippen molar-refractivity contribution in [3.05, 3.63) is 34.4 Å². The van der Waals surface area contributed by atoms with Crippen LogP contribution in [0.25, 0.3) is 0 Å². The standard InChI is InChI=1S/C25H34N6O8/c1-24(2,3)38-22(34)28-14-17(13-19(28)21(33)30-18(20(26)32)11-12-27-30)29(23(35)39-25(4,5)6)15-7-9-16(10-8-15)31(36)37/h7-10,12,17-19H,11,13-14H2,1-6H3,(H2,26,32). The highest BCUT2D eigenvalue weighted by molar-refractivity contribution is 5.95. The minimum absolute atomic E-state index is 0.0498. The third-order valence-corrected chi connectivity index (χ3v) is 5.87. The number of hydrogen-bond acceptors (Lipinski definition) is 9. The Kier molecular flexibility index (Phi) is 8.17. The molecular formula is C25H34N6O8. The van der Waals surface area contributed by atoms with Crippen LogP contribution in [0.5, 0.6) is 0 Å². The molecule has 2 aliphatic rings. The number of nitrogens with zero attached hydrogens (tertiary/aromatic N) is 5. The minimum atomic E-state index is -1.15. The molecule has 39 heavy (non-hydrogen) atoms. The molecule has 14 nitrogen and oxygen atoms in total. The van der Waals surface area contributed by atoms with Crippen molar-refractivity contribution in [3.8, 4) is 0 Å². The molecule has 0 aromatic heterocycles. The number of amides is 4. The number of nitrogens with two attached hydrogens (primary N) is 1. The van der Waals surface area contributed by atoms with Crippen molar-refractivity contribution in [1.82, 2.24) is 9.91 Å². The maximum absolute atomic E-state index is 13.6. The summed E-state index contributed by atoms with van der Waals surface area (Å²) in [4.78, 5) is 65.2. The Balaban J connectivity index is 2.02. The average molecular weight is 547 g/mol. The van der Waals surface area contributed by atoms with E-state index in [9.17, 15) is 29.3 Å². The second-order valence-electron chi connectivity index (χ2n) is 11.3. The molecule has 0 bridgehead atoms. The zero-order valence-corrected chi connectivity index (χ0v) is 22.8. The van der Waals surface area contributed by atoms with Crippen molar-refractivity contribution >= 4 is 41.6 Å². The van der Waals surface area contributed by atoms with Gasteiger partial charge in [0.25, 0.3) is 11.6 Å². The van der Waals surface area contributed by atoms with Crippen LogP contribution in [0.4, 0.5) is 21.0 Å². The van der Waals surface area contributed by atoms with Crippen molar-refractivity contribution in [3.63, 3.8) is 0 Å². The summed E-state index contributed by atoms with van der Waals surface area (Å²) in [6, 6.07) is 2.32. The Hall–Kier alpha value is -4.23. The molecule has 3 unspecified atom stereocenters. The number of carbonyl (C=O) groups excluding carboxylic acids is 4. The van der Waals surface area contributed by atoms with Crippen LogP contribution in [0.15, 0.2) is 29.4 Å². The predicted molar refractivity (Wildman–Crippen MR) is 140 cm³/mol. The summed E-state index contributed by atoms with van der Waals surface area (Å²) >= 11 is 0. The third-order valence-electron chi connectivity index (χ3n) is 5.87. The molecule has 14 heteroatoms. The minimum Gasteiger partial charge on any atom is -0.444 e. The van der Waals surface area contributed by atoms with Gasteiger partial charge in [0.05, 0.1) is 11.0 Å². The highest BCUT2D eigenvalue weighted by Crippen LogP contribution is 2.32. The Morgan fingerprint density at radius 3 is 2.13 bits per heavy atom. The lowest BCUT2D eigenvalue weighted by molar-refractivity contribution is -0.384. The van der Waals surface area contributed by atoms with Gasteiger partial charge in [0.1, 0.15) is 23.3 Å². The van der Waals surface area contributed by atoms with E-state index in [1.807, 2.05) is 0 Å². The number of hydrogen-bond donors (Lipinski definition) is 1. The van der Waals surface area contributed by atoms with Gasteiger partial charge in [-0.05, 0) is 60.1 Å². The van der Waals surface area contributed by atoms with Gasteiger partial charge in [0.2, 0.25) is 5.91 Å². The van der Waals surface area contributed by atoms with Crippen molar-refractivity contribution < 1.29 is 33.6 Å². The highest BCUT2D eigenvalue weighted by Gasteiger charge is 2.48. The molecule has 0 radical (unpaired) electrons. The van der Waals surface area contributed by atoms with E-state index in [-0.39, 0.29) is 30.8 Å². The lowest BCUT2D eigenvalue weighted by Crippen LogP contribution is -2.51. The van der Waals surface area contributed by atoms with Crippen molar-refractivity contribution in [2.24, 2.45) is 10.8 Å². The Labute approximate surface area is 225 Å². The molecule has 212 valence electrons. The molecule has 4 amide bonds. The smallest absolute Gasteiger partial charge is 0.415 e. The highest BCUT2D eigenvalue weighted by atomic mass is 16.6. The summed E-state index contributed by atoms with van der Waals surface area (Å²) in [5.41, 5.74) is 3.78.